The van der Waals surface area contributed by atoms with Crippen LogP contribution in [0.15, 0.2) is 42.0 Å². The molecular weight excluding hydrogens is 676 g/mol. The number of carbonyl (C=O) groups is 3. The highest BCUT2D eigenvalue weighted by molar-refractivity contribution is 14.2. The van der Waals surface area contributed by atoms with Gasteiger partial charge in [0.2, 0.25) is 11.8 Å². The normalized spacial score (nSPS) is 15.0. The van der Waals surface area contributed by atoms with Gasteiger partial charge in [-0.25, -0.2) is 10.1 Å². The van der Waals surface area contributed by atoms with Crippen LogP contribution >= 0.6 is 28.5 Å². The Balaban J connectivity index is 1.63. The number of nitrogens with one attached hydrogen (secondary N) is 2. The number of ketones is 1. The van der Waals surface area contributed by atoms with E-state index in [9.17, 15) is 40.7 Å². The van der Waals surface area contributed by atoms with Gasteiger partial charge in [0.25, 0.3) is 0 Å². The number of fused-ring (bicyclic) bond motifs is 1. The third-order valence-electron chi connectivity index (χ3n) is 6.05. The van der Waals surface area contributed by atoms with E-state index in [-0.39, 0.29) is 60.3 Å². The van der Waals surface area contributed by atoms with E-state index < -0.39 is 29.3 Å². The summed E-state index contributed by atoms with van der Waals surface area (Å²) < 4.78 is 83.9. The summed E-state index contributed by atoms with van der Waals surface area (Å²) in [6.45, 7) is 0.122. The molecule has 216 valence electrons. The summed E-state index contributed by atoms with van der Waals surface area (Å²) in [6, 6.07) is 5.83. The van der Waals surface area contributed by atoms with Crippen molar-refractivity contribution >= 4 is 57.9 Å². The number of unbranched alkanes of at least 4 members (excludes halogenated alkanes) is 2. The zero-order chi connectivity index (χ0) is 29.5. The van der Waals surface area contributed by atoms with E-state index in [1.165, 1.54) is 12.1 Å². The fourth-order valence-electron chi connectivity index (χ4n) is 4.16. The first kappa shape index (κ1) is 32.0. The molecule has 1 unspecified atom stereocenters. The summed E-state index contributed by atoms with van der Waals surface area (Å²) in [4.78, 5) is 36.7. The molecule has 2 amide bonds. The number of hydrogen-bond acceptors (Lipinski definition) is 4. The van der Waals surface area contributed by atoms with Gasteiger partial charge in [0.15, 0.2) is 5.78 Å². The van der Waals surface area contributed by atoms with Gasteiger partial charge in [-0.1, -0.05) is 6.42 Å². The molecular formula is C26H24F6IN2O4P. The molecule has 2 aromatic rings. The van der Waals surface area contributed by atoms with E-state index in [0.29, 0.717) is 49.1 Å². The average molecular weight is 700 g/mol. The Bertz CT molecular complexity index is 1260. The minimum atomic E-state index is -4.99. The number of alkyl halides is 6. The van der Waals surface area contributed by atoms with Gasteiger partial charge in [0.05, 0.1) is 11.1 Å². The molecule has 1 aliphatic carbocycles. The monoisotopic (exact) mass is 700 g/mol. The first-order valence-corrected chi connectivity index (χ1v) is 16.1. The molecule has 1 atom stereocenters. The Morgan fingerprint density at radius 3 is 2.12 bits per heavy atom. The lowest BCUT2D eigenvalue weighted by Crippen LogP contribution is -2.19. The predicted molar refractivity (Wildman–Crippen MR) is 147 cm³/mol. The van der Waals surface area contributed by atoms with Gasteiger partial charge in [-0.2, -0.15) is 26.3 Å². The van der Waals surface area contributed by atoms with Crippen molar-refractivity contribution in [1.82, 2.24) is 5.48 Å². The van der Waals surface area contributed by atoms with Crippen LogP contribution < -0.4 is 10.8 Å². The Morgan fingerprint density at radius 2 is 1.52 bits per heavy atom. The van der Waals surface area contributed by atoms with Crippen molar-refractivity contribution in [2.75, 3.05) is 5.32 Å². The van der Waals surface area contributed by atoms with Crippen LogP contribution in [-0.2, 0) is 33.0 Å². The molecule has 14 heteroatoms. The number of rotatable bonds is 10. The van der Waals surface area contributed by atoms with E-state index >= 15 is 0 Å². The van der Waals surface area contributed by atoms with Gasteiger partial charge in [-0.3, -0.25) is 14.4 Å². The lowest BCUT2D eigenvalue weighted by molar-refractivity contribution is -0.143. The molecule has 3 rings (SSSR count). The second kappa shape index (κ2) is 13.9. The van der Waals surface area contributed by atoms with Crippen LogP contribution in [-0.4, -0.2) is 17.6 Å². The lowest BCUT2D eigenvalue weighted by Gasteiger charge is -2.19. The fourth-order valence-corrected chi connectivity index (χ4v) is 4.64. The van der Waals surface area contributed by atoms with Crippen LogP contribution in [0.4, 0.5) is 32.0 Å². The summed E-state index contributed by atoms with van der Waals surface area (Å²) in [5.41, 5.74) is 0.459. The quantitative estimate of drug-likeness (QED) is 0.0662. The van der Waals surface area contributed by atoms with Crippen LogP contribution in [0.1, 0.15) is 71.1 Å². The van der Waals surface area contributed by atoms with Gasteiger partial charge in [0.1, 0.15) is 6.45 Å². The molecule has 0 radical (unpaired) electrons. The van der Waals surface area contributed by atoms with Crippen molar-refractivity contribution in [3.05, 3.63) is 69.8 Å². The third kappa shape index (κ3) is 9.27. The first-order valence-electron chi connectivity index (χ1n) is 12.1. The van der Waals surface area contributed by atoms with Crippen LogP contribution in [0, 0.1) is 0 Å². The van der Waals surface area contributed by atoms with Gasteiger partial charge in [0, 0.05) is 29.7 Å². The van der Waals surface area contributed by atoms with E-state index in [1.807, 2.05) is 22.0 Å². The van der Waals surface area contributed by atoms with E-state index in [1.54, 1.807) is 6.07 Å². The highest BCUT2D eigenvalue weighted by Crippen LogP contribution is 2.37. The standard InChI is InChI=1S/C26H24F6IN2O4P/c27-25(28,29)18-11-15(12-19(14-18)26(30,31)32)10-17-7-6-16-13-20(8-9-21(16)24(17)38)34-22(36)4-2-1-3-5-23(37)35-39-40-33/h8-14,40H,1-7H2,(H,34,36)(H,35,37)/b17-10+. The van der Waals surface area contributed by atoms with Crippen molar-refractivity contribution in [2.45, 2.75) is 57.3 Å². The van der Waals surface area contributed by atoms with Gasteiger partial charge >= 0.3 is 12.4 Å². The third-order valence-corrected chi connectivity index (χ3v) is 6.89. The smallest absolute Gasteiger partial charge is 0.326 e. The highest BCUT2D eigenvalue weighted by atomic mass is 127. The summed E-state index contributed by atoms with van der Waals surface area (Å²) >= 11 is 1.98. The van der Waals surface area contributed by atoms with Gasteiger partial charge in [-0.15, -0.1) is 0 Å². The molecule has 2 N–H and O–H groups in total. The van der Waals surface area contributed by atoms with Crippen molar-refractivity contribution < 1.29 is 45.4 Å². The number of allylic oxidation sites excluding steroid dienone is 1. The number of anilines is 1. The number of halogens is 7. The lowest BCUT2D eigenvalue weighted by atomic mass is 9.85. The molecule has 0 spiro atoms. The maximum absolute atomic E-state index is 13.2. The molecule has 0 fully saturated rings. The van der Waals surface area contributed by atoms with E-state index in [0.717, 1.165) is 6.08 Å². The van der Waals surface area contributed by atoms with Crippen molar-refractivity contribution in [2.24, 2.45) is 0 Å². The summed E-state index contributed by atoms with van der Waals surface area (Å²) in [5, 5.41) is 2.75. The zero-order valence-electron chi connectivity index (χ0n) is 20.8. The Kier molecular flexibility index (Phi) is 11.1. The van der Waals surface area contributed by atoms with Crippen molar-refractivity contribution in [1.29, 1.82) is 0 Å². The molecule has 2 aromatic carbocycles. The number of aryl methyl sites for hydroxylation is 1. The molecule has 0 bridgehead atoms. The van der Waals surface area contributed by atoms with Crippen LogP contribution in [0.5, 0.6) is 0 Å². The molecule has 6 nitrogen and oxygen atoms in total. The maximum atomic E-state index is 13.2. The minimum Gasteiger partial charge on any atom is -0.326 e. The second-order valence-electron chi connectivity index (χ2n) is 9.02. The second-order valence-corrected chi connectivity index (χ2v) is 10.7. The fraction of sp³-hybridized carbons (Fsp3) is 0.346. The molecule has 0 saturated heterocycles. The molecule has 0 aromatic heterocycles. The predicted octanol–water partition coefficient (Wildman–Crippen LogP) is 7.82. The summed E-state index contributed by atoms with van der Waals surface area (Å²) in [7, 11) is 0. The first-order chi connectivity index (χ1) is 18.8. The number of amides is 2. The summed E-state index contributed by atoms with van der Waals surface area (Å²) in [6.07, 6.45) is -6.15. The zero-order valence-corrected chi connectivity index (χ0v) is 23.9. The van der Waals surface area contributed by atoms with Gasteiger partial charge in [-0.05, 0) is 101 Å². The number of benzene rings is 2. The minimum absolute atomic E-state index is 0.0400. The van der Waals surface area contributed by atoms with E-state index in [4.69, 9.17) is 4.62 Å². The topological polar surface area (TPSA) is 84.5 Å². The van der Waals surface area contributed by atoms with E-state index in [2.05, 4.69) is 10.8 Å². The largest absolute Gasteiger partial charge is 0.416 e. The Labute approximate surface area is 240 Å². The van der Waals surface area contributed by atoms with Crippen molar-refractivity contribution in [3.63, 3.8) is 0 Å². The number of hydrogen-bond donors (Lipinski definition) is 2. The van der Waals surface area contributed by atoms with Crippen molar-refractivity contribution in [3.8, 4) is 0 Å². The SMILES string of the molecule is O=C(CCCCCC(=O)Nc1ccc2c(c1)CC/C(=C\c1cc(C(F)(F)F)cc(C(F)(F)F)c1)C2=O)NOPI. The van der Waals surface area contributed by atoms with Gasteiger partial charge < -0.3 is 5.32 Å². The molecule has 0 aliphatic heterocycles. The number of hydroxylamine groups is 1. The molecule has 0 saturated carbocycles. The Morgan fingerprint density at radius 1 is 0.900 bits per heavy atom. The average Bonchev–Trinajstić information content (AvgIpc) is 2.87. The number of carbonyl (C=O) groups excluding carboxylic acids is 3. The molecule has 40 heavy (non-hydrogen) atoms. The number of Topliss-reactive ketones (excluding diaryl/α,β-unsaturated/α-hetero) is 1. The van der Waals surface area contributed by atoms with Crippen LogP contribution in [0.25, 0.3) is 6.08 Å². The molecule has 0 heterocycles. The summed E-state index contributed by atoms with van der Waals surface area (Å²) in [5.74, 6) is -0.971. The highest BCUT2D eigenvalue weighted by Gasteiger charge is 2.37. The van der Waals surface area contributed by atoms with Crippen LogP contribution in [0.3, 0.4) is 0 Å². The maximum Gasteiger partial charge on any atom is 0.416 e. The Hall–Kier alpha value is -2.51. The molecule has 1 aliphatic rings. The van der Waals surface area contributed by atoms with Crippen LogP contribution in [0.2, 0.25) is 0 Å².